The molecule has 1 aliphatic rings. The van der Waals surface area contributed by atoms with E-state index >= 15 is 0 Å². The van der Waals surface area contributed by atoms with Crippen LogP contribution in [0, 0.1) is 12.3 Å². The van der Waals surface area contributed by atoms with E-state index in [4.69, 9.17) is 11.2 Å². The lowest BCUT2D eigenvalue weighted by Crippen LogP contribution is -2.58. The highest BCUT2D eigenvalue weighted by molar-refractivity contribution is 8.00. The van der Waals surface area contributed by atoms with Crippen molar-refractivity contribution in [2.75, 3.05) is 18.9 Å². The van der Waals surface area contributed by atoms with Gasteiger partial charge in [0.25, 0.3) is 0 Å². The molecular weight excluding hydrogens is 350 g/mol. The molecule has 24 heavy (non-hydrogen) atoms. The highest BCUT2D eigenvalue weighted by Gasteiger charge is 2.48. The van der Waals surface area contributed by atoms with Gasteiger partial charge in [0.05, 0.1) is 4.90 Å². The molecule has 1 atom stereocenters. The highest BCUT2D eigenvalue weighted by atomic mass is 32.2. The van der Waals surface area contributed by atoms with Crippen molar-refractivity contribution in [2.45, 2.75) is 29.5 Å². The number of sulfonamides is 1. The molecule has 0 aromatic heterocycles. The molecule has 1 aromatic rings. The Morgan fingerprint density at radius 3 is 2.62 bits per heavy atom. The van der Waals surface area contributed by atoms with Crippen LogP contribution in [0.5, 0.6) is 5.75 Å². The van der Waals surface area contributed by atoms with Gasteiger partial charge in [-0.3, -0.25) is 4.79 Å². The summed E-state index contributed by atoms with van der Waals surface area (Å²) in [7, 11) is -3.92. The van der Waals surface area contributed by atoms with Gasteiger partial charge in [-0.2, -0.15) is 16.1 Å². The van der Waals surface area contributed by atoms with E-state index < -0.39 is 26.8 Å². The molecule has 0 unspecified atom stereocenters. The second-order valence-electron chi connectivity index (χ2n) is 5.77. The predicted molar refractivity (Wildman–Crippen MR) is 92.6 cm³/mol. The first-order chi connectivity index (χ1) is 11.2. The third-order valence-corrected chi connectivity index (χ3v) is 6.95. The number of carbonyl (C=O) groups is 1. The van der Waals surface area contributed by atoms with Gasteiger partial charge in [-0.1, -0.05) is 5.92 Å². The predicted octanol–water partition coefficient (Wildman–Crippen LogP) is 1.67. The number of rotatable bonds is 5. The van der Waals surface area contributed by atoms with Crippen LogP contribution in [0.25, 0.3) is 0 Å². The number of thioether (sulfide) groups is 1. The van der Waals surface area contributed by atoms with Gasteiger partial charge in [0.15, 0.2) is 0 Å². The Hall–Kier alpha value is -1.69. The molecule has 0 aliphatic carbocycles. The normalized spacial score (nSPS) is 21.0. The second-order valence-corrected chi connectivity index (χ2v) is 9.41. The standard InChI is InChI=1S/C16H19NO5S2/c1-4-10-22-12-5-7-13(8-6-12)24(20,21)17-9-11-23-16(2,3)14(17)15(18)19/h1,5-8,14H,9-11H2,2-3H3,(H,18,19)/t14-/m0/s1. The summed E-state index contributed by atoms with van der Waals surface area (Å²) >= 11 is 1.46. The molecule has 8 heteroatoms. The summed E-state index contributed by atoms with van der Waals surface area (Å²) in [5.74, 6) is 2.17. The summed E-state index contributed by atoms with van der Waals surface area (Å²) in [4.78, 5) is 11.7. The van der Waals surface area contributed by atoms with E-state index in [1.165, 1.54) is 36.0 Å². The van der Waals surface area contributed by atoms with Crippen molar-refractivity contribution in [3.8, 4) is 18.1 Å². The summed E-state index contributed by atoms with van der Waals surface area (Å²) in [6.45, 7) is 3.73. The molecule has 1 N–H and O–H groups in total. The zero-order valence-electron chi connectivity index (χ0n) is 13.4. The molecule has 6 nitrogen and oxygen atoms in total. The van der Waals surface area contributed by atoms with E-state index in [9.17, 15) is 18.3 Å². The maximum Gasteiger partial charge on any atom is 0.323 e. The summed E-state index contributed by atoms with van der Waals surface area (Å²) < 4.78 is 31.4. The zero-order valence-corrected chi connectivity index (χ0v) is 15.1. The van der Waals surface area contributed by atoms with Gasteiger partial charge in [0.2, 0.25) is 10.0 Å². The fraction of sp³-hybridized carbons (Fsp3) is 0.438. The molecule has 1 aromatic carbocycles. The van der Waals surface area contributed by atoms with Crippen molar-refractivity contribution in [3.63, 3.8) is 0 Å². The van der Waals surface area contributed by atoms with Crippen LogP contribution >= 0.6 is 11.8 Å². The van der Waals surface area contributed by atoms with E-state index in [2.05, 4.69) is 5.92 Å². The Balaban J connectivity index is 2.34. The lowest BCUT2D eigenvalue weighted by molar-refractivity contribution is -0.142. The fourth-order valence-corrected chi connectivity index (χ4v) is 5.70. The minimum absolute atomic E-state index is 0.0320. The van der Waals surface area contributed by atoms with E-state index in [1.54, 1.807) is 13.8 Å². The van der Waals surface area contributed by atoms with E-state index in [1.807, 2.05) is 0 Å². The van der Waals surface area contributed by atoms with Crippen LogP contribution in [-0.4, -0.2) is 53.5 Å². The fourth-order valence-electron chi connectivity index (χ4n) is 2.60. The van der Waals surface area contributed by atoms with E-state index in [-0.39, 0.29) is 18.0 Å². The number of aliphatic carboxylic acids is 1. The minimum Gasteiger partial charge on any atom is -0.481 e. The largest absolute Gasteiger partial charge is 0.481 e. The topological polar surface area (TPSA) is 83.9 Å². The summed E-state index contributed by atoms with van der Waals surface area (Å²) in [6.07, 6.45) is 5.11. The van der Waals surface area contributed by atoms with Crippen molar-refractivity contribution in [2.24, 2.45) is 0 Å². The molecule has 1 fully saturated rings. The Morgan fingerprint density at radius 2 is 2.08 bits per heavy atom. The van der Waals surface area contributed by atoms with E-state index in [0.717, 1.165) is 4.31 Å². The first-order valence-electron chi connectivity index (χ1n) is 7.25. The van der Waals surface area contributed by atoms with Crippen LogP contribution in [0.2, 0.25) is 0 Å². The van der Waals surface area contributed by atoms with Crippen LogP contribution < -0.4 is 4.74 Å². The number of terminal acetylenes is 1. The lowest BCUT2D eigenvalue weighted by Gasteiger charge is -2.42. The van der Waals surface area contributed by atoms with Gasteiger partial charge >= 0.3 is 5.97 Å². The van der Waals surface area contributed by atoms with Gasteiger partial charge in [0.1, 0.15) is 18.4 Å². The summed E-state index contributed by atoms with van der Waals surface area (Å²) in [6, 6.07) is 4.68. The summed E-state index contributed by atoms with van der Waals surface area (Å²) in [5, 5.41) is 9.54. The maximum absolute atomic E-state index is 12.9. The Bertz CT molecular complexity index is 750. The second kappa shape index (κ2) is 7.05. The number of ether oxygens (including phenoxy) is 1. The molecule has 0 radical (unpaired) electrons. The Morgan fingerprint density at radius 1 is 1.46 bits per heavy atom. The number of carboxylic acids is 1. The first-order valence-corrected chi connectivity index (χ1v) is 9.67. The van der Waals surface area contributed by atoms with Crippen molar-refractivity contribution in [1.82, 2.24) is 4.31 Å². The number of benzene rings is 1. The number of nitrogens with zero attached hydrogens (tertiary/aromatic N) is 1. The minimum atomic E-state index is -3.92. The van der Waals surface area contributed by atoms with Crippen LogP contribution in [-0.2, 0) is 14.8 Å². The molecule has 2 rings (SSSR count). The van der Waals surface area contributed by atoms with Gasteiger partial charge in [-0.15, -0.1) is 6.42 Å². The molecule has 130 valence electrons. The molecule has 1 saturated heterocycles. The molecule has 1 heterocycles. The monoisotopic (exact) mass is 369 g/mol. The van der Waals surface area contributed by atoms with Gasteiger partial charge in [0, 0.05) is 17.0 Å². The molecule has 0 saturated carbocycles. The number of hydrogen-bond donors (Lipinski definition) is 1. The quantitative estimate of drug-likeness (QED) is 0.795. The Labute approximate surface area is 146 Å². The maximum atomic E-state index is 12.9. The molecule has 1 aliphatic heterocycles. The average molecular weight is 369 g/mol. The van der Waals surface area contributed by atoms with Crippen molar-refractivity contribution < 1.29 is 23.1 Å². The smallest absolute Gasteiger partial charge is 0.323 e. The number of carboxylic acid groups (broad SMARTS) is 1. The van der Waals surface area contributed by atoms with E-state index in [0.29, 0.717) is 11.5 Å². The van der Waals surface area contributed by atoms with Crippen LogP contribution in [0.15, 0.2) is 29.2 Å². The first kappa shape index (κ1) is 18.6. The van der Waals surface area contributed by atoms with Crippen LogP contribution in [0.3, 0.4) is 0 Å². The third kappa shape index (κ3) is 3.69. The van der Waals surface area contributed by atoms with Crippen molar-refractivity contribution >= 4 is 27.8 Å². The average Bonchev–Trinajstić information content (AvgIpc) is 2.51. The molecule has 0 spiro atoms. The zero-order chi connectivity index (χ0) is 18.0. The molecular formula is C16H19NO5S2. The van der Waals surface area contributed by atoms with Crippen molar-refractivity contribution in [3.05, 3.63) is 24.3 Å². The van der Waals surface area contributed by atoms with Gasteiger partial charge in [-0.25, -0.2) is 8.42 Å². The van der Waals surface area contributed by atoms with Crippen molar-refractivity contribution in [1.29, 1.82) is 0 Å². The van der Waals surface area contributed by atoms with Crippen LogP contribution in [0.1, 0.15) is 13.8 Å². The molecule has 0 bridgehead atoms. The third-order valence-electron chi connectivity index (χ3n) is 3.72. The SMILES string of the molecule is C#CCOc1ccc(S(=O)(=O)N2CCSC(C)(C)[C@@H]2C(=O)O)cc1. The van der Waals surface area contributed by atoms with Gasteiger partial charge < -0.3 is 9.84 Å². The summed E-state index contributed by atoms with van der Waals surface area (Å²) in [5.41, 5.74) is 0. The number of hydrogen-bond acceptors (Lipinski definition) is 5. The molecule has 0 amide bonds. The van der Waals surface area contributed by atoms with Gasteiger partial charge in [-0.05, 0) is 38.1 Å². The highest BCUT2D eigenvalue weighted by Crippen LogP contribution is 2.38. The Kier molecular flexibility index (Phi) is 5.48. The van der Waals surface area contributed by atoms with Crippen LogP contribution in [0.4, 0.5) is 0 Å². The lowest BCUT2D eigenvalue weighted by atomic mass is 10.0.